The molecular formula is C28H42N4O3. The predicted octanol–water partition coefficient (Wildman–Crippen LogP) is 4.33. The van der Waals surface area contributed by atoms with E-state index in [9.17, 15) is 9.90 Å². The van der Waals surface area contributed by atoms with Gasteiger partial charge in [-0.3, -0.25) is 4.79 Å². The molecule has 3 heterocycles. The van der Waals surface area contributed by atoms with Crippen molar-refractivity contribution in [2.45, 2.75) is 89.0 Å². The Balaban J connectivity index is 1.35. The largest absolute Gasteiger partial charge is 0.368 e. The van der Waals surface area contributed by atoms with Crippen molar-refractivity contribution in [3.63, 3.8) is 0 Å². The van der Waals surface area contributed by atoms with Crippen LogP contribution in [0.4, 0.5) is 5.82 Å². The van der Waals surface area contributed by atoms with Crippen LogP contribution in [0.5, 0.6) is 0 Å². The van der Waals surface area contributed by atoms with Crippen LogP contribution < -0.4 is 10.5 Å². The zero-order chi connectivity index (χ0) is 24.2. The number of nitrogens with zero attached hydrogens (tertiary/aromatic N) is 4. The number of rotatable bonds is 6. The first kappa shape index (κ1) is 24.7. The van der Waals surface area contributed by atoms with E-state index in [-0.39, 0.29) is 11.6 Å². The lowest BCUT2D eigenvalue weighted by atomic mass is 9.93. The highest BCUT2D eigenvalue weighted by Crippen LogP contribution is 2.31. The summed E-state index contributed by atoms with van der Waals surface area (Å²) in [4.78, 5) is 23.6. The van der Waals surface area contributed by atoms with Gasteiger partial charge in [0.15, 0.2) is 12.1 Å². The molecule has 0 radical (unpaired) electrons. The van der Waals surface area contributed by atoms with Crippen LogP contribution in [0.15, 0.2) is 29.1 Å². The van der Waals surface area contributed by atoms with Crippen LogP contribution in [0.25, 0.3) is 11.0 Å². The predicted molar refractivity (Wildman–Crippen MR) is 140 cm³/mol. The average Bonchev–Trinajstić information content (AvgIpc) is 3.32. The monoisotopic (exact) mass is 482 g/mol. The molecule has 1 N–H and O–H groups in total. The van der Waals surface area contributed by atoms with E-state index in [4.69, 9.17) is 9.72 Å². The van der Waals surface area contributed by atoms with E-state index in [2.05, 4.69) is 20.4 Å². The number of para-hydroxylation sites is 2. The normalized spacial score (nSPS) is 24.5. The van der Waals surface area contributed by atoms with Crippen LogP contribution in [-0.2, 0) is 4.74 Å². The highest BCUT2D eigenvalue weighted by atomic mass is 16.6. The number of fused-ring (bicyclic) bond motifs is 1. The number of hydrogen-bond acceptors (Lipinski definition) is 6. The lowest BCUT2D eigenvalue weighted by Gasteiger charge is -2.39. The highest BCUT2D eigenvalue weighted by molar-refractivity contribution is 5.76. The van der Waals surface area contributed by atoms with Crippen LogP contribution >= 0.6 is 0 Å². The number of likely N-dealkylation sites (tertiary alicyclic amines) is 1. The first-order valence-corrected chi connectivity index (χ1v) is 13.8. The Morgan fingerprint density at radius 2 is 1.69 bits per heavy atom. The van der Waals surface area contributed by atoms with Gasteiger partial charge in [-0.1, -0.05) is 44.2 Å². The summed E-state index contributed by atoms with van der Waals surface area (Å²) in [5.74, 6) is 0.874. The lowest BCUT2D eigenvalue weighted by Crippen LogP contribution is -2.44. The molecule has 1 aliphatic carbocycles. The minimum absolute atomic E-state index is 0.0426. The number of aliphatic hydroxyl groups is 1. The Morgan fingerprint density at radius 1 is 0.971 bits per heavy atom. The summed E-state index contributed by atoms with van der Waals surface area (Å²) in [6.45, 7) is 3.69. The van der Waals surface area contributed by atoms with Gasteiger partial charge in [0.05, 0.1) is 11.0 Å². The maximum atomic E-state index is 13.9. The van der Waals surface area contributed by atoms with Crippen molar-refractivity contribution in [1.82, 2.24) is 14.5 Å². The molecule has 5 rings (SSSR count). The number of ether oxygens (including phenoxy) is 1. The molecule has 192 valence electrons. The molecule has 2 aromatic rings. The summed E-state index contributed by atoms with van der Waals surface area (Å²) in [6.07, 6.45) is 12.4. The molecule has 7 nitrogen and oxygen atoms in total. The number of benzene rings is 1. The third kappa shape index (κ3) is 5.57. The molecule has 2 saturated heterocycles. The van der Waals surface area contributed by atoms with Gasteiger partial charge in [0.2, 0.25) is 0 Å². The quantitative estimate of drug-likeness (QED) is 0.618. The second kappa shape index (κ2) is 11.4. The van der Waals surface area contributed by atoms with Crippen LogP contribution in [0.3, 0.4) is 0 Å². The second-order valence-corrected chi connectivity index (χ2v) is 10.9. The van der Waals surface area contributed by atoms with Crippen molar-refractivity contribution in [2.75, 3.05) is 38.2 Å². The average molecular weight is 483 g/mol. The molecule has 2 aliphatic heterocycles. The zero-order valence-electron chi connectivity index (χ0n) is 21.3. The summed E-state index contributed by atoms with van der Waals surface area (Å²) in [7, 11) is 1.53. The number of methoxy groups -OCH3 is 1. The summed E-state index contributed by atoms with van der Waals surface area (Å²) in [6, 6.07) is 9.04. The van der Waals surface area contributed by atoms with Crippen molar-refractivity contribution in [2.24, 2.45) is 5.92 Å². The van der Waals surface area contributed by atoms with Gasteiger partial charge in [0.1, 0.15) is 0 Å². The maximum absolute atomic E-state index is 13.9. The van der Waals surface area contributed by atoms with E-state index >= 15 is 0 Å². The summed E-state index contributed by atoms with van der Waals surface area (Å²) < 4.78 is 7.11. The number of piperidine rings is 1. The molecule has 1 aromatic heterocycles. The topological polar surface area (TPSA) is 70.8 Å². The molecular weight excluding hydrogens is 440 g/mol. The number of hydrogen-bond donors (Lipinski definition) is 1. The van der Waals surface area contributed by atoms with Crippen molar-refractivity contribution in [3.05, 3.63) is 34.6 Å². The molecule has 0 spiro atoms. The minimum Gasteiger partial charge on any atom is -0.368 e. The molecule has 7 heteroatoms. The van der Waals surface area contributed by atoms with E-state index in [0.29, 0.717) is 18.2 Å². The third-order valence-electron chi connectivity index (χ3n) is 8.63. The van der Waals surface area contributed by atoms with Gasteiger partial charge in [-0.2, -0.15) is 0 Å². The van der Waals surface area contributed by atoms with Crippen LogP contribution in [0, 0.1) is 5.92 Å². The Labute approximate surface area is 209 Å². The molecule has 35 heavy (non-hydrogen) atoms. The van der Waals surface area contributed by atoms with E-state index in [0.717, 1.165) is 62.5 Å². The van der Waals surface area contributed by atoms with Gasteiger partial charge in [0, 0.05) is 51.8 Å². The third-order valence-corrected chi connectivity index (χ3v) is 8.63. The summed E-state index contributed by atoms with van der Waals surface area (Å²) >= 11 is 0. The zero-order valence-corrected chi connectivity index (χ0v) is 21.3. The Kier molecular flexibility index (Phi) is 8.05. The van der Waals surface area contributed by atoms with Crippen LogP contribution in [-0.4, -0.2) is 65.2 Å². The number of anilines is 1. The van der Waals surface area contributed by atoms with Gasteiger partial charge in [0.25, 0.3) is 5.56 Å². The smallest absolute Gasteiger partial charge is 0.294 e. The molecule has 0 amide bonds. The van der Waals surface area contributed by atoms with Crippen molar-refractivity contribution in [3.8, 4) is 0 Å². The molecule has 2 unspecified atom stereocenters. The molecule has 0 bridgehead atoms. The molecule has 1 aromatic carbocycles. The minimum atomic E-state index is -0.746. The standard InChI is InChI=1S/C28H42N4O3/c1-35-26(33)19-21-13-16-31(20-21)27-28(34)32(25-12-8-7-11-24(25)29-27)23-14-17-30(18-15-23)22-9-5-3-2-4-6-10-22/h7-8,11-12,21-23,26,33H,2-6,9-10,13-20H2,1H3. The first-order chi connectivity index (χ1) is 17.1. The van der Waals surface area contributed by atoms with Gasteiger partial charge in [-0.05, 0) is 50.2 Å². The van der Waals surface area contributed by atoms with Crippen molar-refractivity contribution in [1.29, 1.82) is 0 Å². The first-order valence-electron chi connectivity index (χ1n) is 13.8. The Hall–Kier alpha value is -1.96. The highest BCUT2D eigenvalue weighted by Gasteiger charge is 2.31. The van der Waals surface area contributed by atoms with Gasteiger partial charge < -0.3 is 24.2 Å². The van der Waals surface area contributed by atoms with Crippen LogP contribution in [0.2, 0.25) is 0 Å². The van der Waals surface area contributed by atoms with Crippen molar-refractivity contribution < 1.29 is 9.84 Å². The molecule has 3 aliphatic rings. The SMILES string of the molecule is COC(O)CC1CCN(c2nc3ccccc3n(C3CCN(C4CCCCCCC4)CC3)c2=O)C1. The second-order valence-electron chi connectivity index (χ2n) is 10.9. The molecule has 1 saturated carbocycles. The fraction of sp³-hybridized carbons (Fsp3) is 0.714. The summed E-state index contributed by atoms with van der Waals surface area (Å²) in [5, 5.41) is 9.90. The van der Waals surface area contributed by atoms with E-state index in [1.165, 1.54) is 52.1 Å². The van der Waals surface area contributed by atoms with E-state index in [1.54, 1.807) is 0 Å². The Bertz CT molecular complexity index is 1020. The maximum Gasteiger partial charge on any atom is 0.294 e. The number of aliphatic hydroxyl groups excluding tert-OH is 1. The fourth-order valence-corrected chi connectivity index (χ4v) is 6.62. The van der Waals surface area contributed by atoms with Gasteiger partial charge in [-0.15, -0.1) is 0 Å². The van der Waals surface area contributed by atoms with E-state index < -0.39 is 6.29 Å². The lowest BCUT2D eigenvalue weighted by molar-refractivity contribution is -0.0857. The summed E-state index contributed by atoms with van der Waals surface area (Å²) in [5.41, 5.74) is 1.89. The van der Waals surface area contributed by atoms with Gasteiger partial charge >= 0.3 is 0 Å². The molecule has 3 fully saturated rings. The Morgan fingerprint density at radius 3 is 2.43 bits per heavy atom. The van der Waals surface area contributed by atoms with Crippen LogP contribution in [0.1, 0.15) is 76.7 Å². The molecule has 2 atom stereocenters. The van der Waals surface area contributed by atoms with E-state index in [1.807, 2.05) is 18.2 Å². The fourth-order valence-electron chi connectivity index (χ4n) is 6.62. The number of aromatic nitrogens is 2. The van der Waals surface area contributed by atoms with Crippen molar-refractivity contribution >= 4 is 16.9 Å². The van der Waals surface area contributed by atoms with Gasteiger partial charge in [-0.25, -0.2) is 4.98 Å².